The smallest absolute Gasteiger partial charge is 0.318 e. The molecule has 2 aromatic carbocycles. The van der Waals surface area contributed by atoms with Gasteiger partial charge in [0, 0.05) is 36.6 Å². The molecule has 3 aromatic rings. The van der Waals surface area contributed by atoms with Crippen LogP contribution in [-0.4, -0.2) is 47.8 Å². The Balaban J connectivity index is 1.54. The Morgan fingerprint density at radius 3 is 2.57 bits per heavy atom. The Hall–Kier alpha value is -3.00. The number of thioether (sulfide) groups is 1. The van der Waals surface area contributed by atoms with Gasteiger partial charge in [0.15, 0.2) is 0 Å². The van der Waals surface area contributed by atoms with Gasteiger partial charge < -0.3 is 19.4 Å². The second-order valence-corrected chi connectivity index (χ2v) is 8.19. The third-order valence-corrected chi connectivity index (χ3v) is 5.89. The summed E-state index contributed by atoms with van der Waals surface area (Å²) in [6.45, 7) is 1.77. The normalized spacial score (nSPS) is 14.9. The number of ether oxygens (including phenoxy) is 1. The number of methoxy groups -OCH3 is 1. The van der Waals surface area contributed by atoms with E-state index in [1.54, 1.807) is 31.4 Å². The van der Waals surface area contributed by atoms with Crippen molar-refractivity contribution in [3.8, 4) is 5.75 Å². The summed E-state index contributed by atoms with van der Waals surface area (Å²) in [4.78, 5) is 15.0. The molecule has 0 spiro atoms. The van der Waals surface area contributed by atoms with Crippen LogP contribution in [0.1, 0.15) is 27.9 Å². The van der Waals surface area contributed by atoms with E-state index >= 15 is 0 Å². The predicted octanol–water partition coefficient (Wildman–Crippen LogP) is 3.35. The first-order chi connectivity index (χ1) is 14.7. The van der Waals surface area contributed by atoms with E-state index in [1.807, 2.05) is 42.1 Å². The van der Waals surface area contributed by atoms with Crippen LogP contribution < -0.4 is 15.0 Å². The maximum atomic E-state index is 12.9. The van der Waals surface area contributed by atoms with E-state index in [2.05, 4.69) is 20.4 Å². The maximum Gasteiger partial charge on any atom is 0.318 e. The number of aromatic nitrogens is 2. The average Bonchev–Trinajstić information content (AvgIpc) is 3.30. The van der Waals surface area contributed by atoms with Crippen molar-refractivity contribution in [2.24, 2.45) is 0 Å². The lowest BCUT2D eigenvalue weighted by atomic mass is 10.1. The highest BCUT2D eigenvalue weighted by atomic mass is 32.2. The van der Waals surface area contributed by atoms with Crippen LogP contribution in [0, 0.1) is 0 Å². The van der Waals surface area contributed by atoms with E-state index in [9.17, 15) is 4.79 Å². The molecule has 0 aliphatic carbocycles. The highest BCUT2D eigenvalue weighted by Gasteiger charge is 2.24. The fraction of sp³-hybridized carbons (Fsp3) is 0.318. The number of hydrogen-bond donors (Lipinski definition) is 1. The molecule has 0 saturated carbocycles. The number of carbonyl (C=O) groups is 1. The van der Waals surface area contributed by atoms with Gasteiger partial charge in [0.1, 0.15) is 11.8 Å². The van der Waals surface area contributed by atoms with Gasteiger partial charge in [0.05, 0.1) is 7.11 Å². The van der Waals surface area contributed by atoms with E-state index in [4.69, 9.17) is 9.15 Å². The fourth-order valence-electron chi connectivity index (χ4n) is 3.28. The third-order valence-electron chi connectivity index (χ3n) is 4.95. The lowest BCUT2D eigenvalue weighted by Gasteiger charge is -2.24. The zero-order valence-corrected chi connectivity index (χ0v) is 17.6. The van der Waals surface area contributed by atoms with Crippen molar-refractivity contribution in [2.75, 3.05) is 36.6 Å². The Morgan fingerprint density at radius 1 is 1.13 bits per heavy atom. The van der Waals surface area contributed by atoms with Gasteiger partial charge in [-0.05, 0) is 29.8 Å². The topological polar surface area (TPSA) is 80.5 Å². The fourth-order valence-corrected chi connectivity index (χ4v) is 4.19. The molecule has 2 heterocycles. The summed E-state index contributed by atoms with van der Waals surface area (Å²) in [6, 6.07) is 17.0. The SMILES string of the molecule is COc1ccc(C(=O)N[C@@H](Cc2ccccc2)c2nnc(N3CCSCC3)o2)cc1. The quantitative estimate of drug-likeness (QED) is 0.623. The summed E-state index contributed by atoms with van der Waals surface area (Å²) in [5.74, 6) is 2.99. The molecule has 8 heteroatoms. The minimum absolute atomic E-state index is 0.201. The van der Waals surface area contributed by atoms with Crippen LogP contribution in [0.25, 0.3) is 0 Å². The van der Waals surface area contributed by atoms with Crippen LogP contribution in [0.15, 0.2) is 59.0 Å². The molecule has 0 bridgehead atoms. The minimum atomic E-state index is -0.428. The largest absolute Gasteiger partial charge is 0.497 e. The predicted molar refractivity (Wildman–Crippen MR) is 117 cm³/mol. The zero-order chi connectivity index (χ0) is 20.8. The Labute approximate surface area is 179 Å². The molecule has 7 nitrogen and oxygen atoms in total. The molecule has 30 heavy (non-hydrogen) atoms. The van der Waals surface area contributed by atoms with Gasteiger partial charge in [-0.15, -0.1) is 5.10 Å². The van der Waals surface area contributed by atoms with Crippen LogP contribution in [0.5, 0.6) is 5.75 Å². The van der Waals surface area contributed by atoms with E-state index in [1.165, 1.54) is 0 Å². The Kier molecular flexibility index (Phi) is 6.53. The summed E-state index contributed by atoms with van der Waals surface area (Å²) in [5.41, 5.74) is 1.62. The van der Waals surface area contributed by atoms with E-state index in [0.29, 0.717) is 29.6 Å². The molecule has 156 valence electrons. The van der Waals surface area contributed by atoms with Gasteiger partial charge in [-0.2, -0.15) is 11.8 Å². The van der Waals surface area contributed by atoms with Crippen LogP contribution in [0.3, 0.4) is 0 Å². The summed E-state index contributed by atoms with van der Waals surface area (Å²) in [6.07, 6.45) is 0.556. The molecule has 1 aromatic heterocycles. The lowest BCUT2D eigenvalue weighted by molar-refractivity contribution is 0.0930. The average molecular weight is 425 g/mol. The van der Waals surface area contributed by atoms with Gasteiger partial charge in [0.25, 0.3) is 5.91 Å². The molecule has 1 fully saturated rings. The van der Waals surface area contributed by atoms with E-state index in [-0.39, 0.29) is 5.91 Å². The van der Waals surface area contributed by atoms with Crippen molar-refractivity contribution in [2.45, 2.75) is 12.5 Å². The molecule has 0 unspecified atom stereocenters. The molecule has 1 aliphatic heterocycles. The van der Waals surface area contributed by atoms with Crippen LogP contribution in [-0.2, 0) is 6.42 Å². The molecule has 1 amide bonds. The van der Waals surface area contributed by atoms with E-state index in [0.717, 1.165) is 30.2 Å². The Bertz CT molecular complexity index is 956. The summed E-state index contributed by atoms with van der Waals surface area (Å²) >= 11 is 1.92. The first-order valence-corrected chi connectivity index (χ1v) is 11.0. The second-order valence-electron chi connectivity index (χ2n) is 6.97. The van der Waals surface area contributed by atoms with Crippen molar-refractivity contribution in [3.05, 3.63) is 71.6 Å². The van der Waals surface area contributed by atoms with Crippen LogP contribution in [0.4, 0.5) is 6.01 Å². The summed E-state index contributed by atoms with van der Waals surface area (Å²) < 4.78 is 11.2. The zero-order valence-electron chi connectivity index (χ0n) is 16.8. The monoisotopic (exact) mass is 424 g/mol. The number of hydrogen-bond acceptors (Lipinski definition) is 7. The Morgan fingerprint density at radius 2 is 1.87 bits per heavy atom. The van der Waals surface area contributed by atoms with E-state index < -0.39 is 6.04 Å². The van der Waals surface area contributed by atoms with Crippen molar-refractivity contribution >= 4 is 23.7 Å². The number of benzene rings is 2. The highest BCUT2D eigenvalue weighted by molar-refractivity contribution is 7.99. The molecule has 1 N–H and O–H groups in total. The van der Waals surface area contributed by atoms with Gasteiger partial charge in [0.2, 0.25) is 5.89 Å². The standard InChI is InChI=1S/C22H24N4O3S/c1-28-18-9-7-17(8-10-18)20(27)23-19(15-16-5-3-2-4-6-16)21-24-25-22(29-21)26-11-13-30-14-12-26/h2-10,19H,11-15H2,1H3,(H,23,27)/t19-/m0/s1. The van der Waals surface area contributed by atoms with Crippen LogP contribution in [0.2, 0.25) is 0 Å². The molecule has 0 radical (unpaired) electrons. The minimum Gasteiger partial charge on any atom is -0.497 e. The molecular formula is C22H24N4O3S. The molecule has 1 aliphatic rings. The number of carbonyl (C=O) groups excluding carboxylic acids is 1. The molecule has 4 rings (SSSR count). The highest BCUT2D eigenvalue weighted by Crippen LogP contribution is 2.24. The lowest BCUT2D eigenvalue weighted by Crippen LogP contribution is -2.32. The number of nitrogens with zero attached hydrogens (tertiary/aromatic N) is 3. The van der Waals surface area contributed by atoms with Crippen molar-refractivity contribution < 1.29 is 13.9 Å². The number of nitrogens with one attached hydrogen (secondary N) is 1. The van der Waals surface area contributed by atoms with Crippen molar-refractivity contribution in [1.29, 1.82) is 0 Å². The molecular weight excluding hydrogens is 400 g/mol. The summed E-state index contributed by atoms with van der Waals surface area (Å²) in [7, 11) is 1.60. The van der Waals surface area contributed by atoms with Gasteiger partial charge in [-0.1, -0.05) is 35.4 Å². The van der Waals surface area contributed by atoms with Gasteiger partial charge in [-0.3, -0.25) is 4.79 Å². The number of rotatable bonds is 7. The van der Waals surface area contributed by atoms with Gasteiger partial charge in [-0.25, -0.2) is 0 Å². The first-order valence-electron chi connectivity index (χ1n) is 9.88. The van der Waals surface area contributed by atoms with Crippen molar-refractivity contribution in [3.63, 3.8) is 0 Å². The maximum absolute atomic E-state index is 12.9. The van der Waals surface area contributed by atoms with Crippen LogP contribution >= 0.6 is 11.8 Å². The van der Waals surface area contributed by atoms with Crippen molar-refractivity contribution in [1.82, 2.24) is 15.5 Å². The number of amides is 1. The van der Waals surface area contributed by atoms with Gasteiger partial charge >= 0.3 is 6.01 Å². The molecule has 1 saturated heterocycles. The molecule has 1 atom stereocenters. The number of anilines is 1. The second kappa shape index (κ2) is 9.67. The summed E-state index contributed by atoms with van der Waals surface area (Å²) in [5, 5.41) is 11.6. The third kappa shape index (κ3) is 4.94. The first kappa shape index (κ1) is 20.3.